The van der Waals surface area contributed by atoms with Gasteiger partial charge in [0.2, 0.25) is 0 Å². The van der Waals surface area contributed by atoms with Gasteiger partial charge in [-0.25, -0.2) is 4.79 Å². The summed E-state index contributed by atoms with van der Waals surface area (Å²) in [7, 11) is 0. The van der Waals surface area contributed by atoms with Gasteiger partial charge in [-0.2, -0.15) is 0 Å². The zero-order valence-corrected chi connectivity index (χ0v) is 12.6. The van der Waals surface area contributed by atoms with Crippen molar-refractivity contribution in [2.75, 3.05) is 0 Å². The topological polar surface area (TPSA) is 96.7 Å². The standard InChI is InChI=1S/C14H19NO5S/c1-2-10(9-5-7-15-8-6-9)14(21)20-11(13(18)19)3-4-12(16)17/h5-8,10-11,14,21H,2-4H2,1H3,(H,16,17)(H,18,19). The van der Waals surface area contributed by atoms with E-state index in [0.29, 0.717) is 6.42 Å². The molecule has 0 bridgehead atoms. The summed E-state index contributed by atoms with van der Waals surface area (Å²) in [5, 5.41) is 17.7. The number of ether oxygens (including phenoxy) is 1. The average molecular weight is 313 g/mol. The first-order valence-electron chi connectivity index (χ1n) is 6.63. The molecule has 0 aliphatic rings. The molecule has 2 N–H and O–H groups in total. The number of hydrogen-bond acceptors (Lipinski definition) is 5. The van der Waals surface area contributed by atoms with Gasteiger partial charge in [0.15, 0.2) is 6.10 Å². The van der Waals surface area contributed by atoms with Crippen molar-refractivity contribution in [3.8, 4) is 0 Å². The van der Waals surface area contributed by atoms with Crippen LogP contribution in [-0.2, 0) is 14.3 Å². The molecule has 0 aliphatic heterocycles. The molecule has 0 spiro atoms. The quantitative estimate of drug-likeness (QED) is 0.477. The van der Waals surface area contributed by atoms with Crippen molar-refractivity contribution in [2.24, 2.45) is 0 Å². The average Bonchev–Trinajstić information content (AvgIpc) is 2.44. The van der Waals surface area contributed by atoms with Gasteiger partial charge in [0, 0.05) is 24.7 Å². The highest BCUT2D eigenvalue weighted by molar-refractivity contribution is 7.80. The zero-order valence-electron chi connectivity index (χ0n) is 11.7. The van der Waals surface area contributed by atoms with Gasteiger partial charge in [-0.05, 0) is 30.5 Å². The van der Waals surface area contributed by atoms with E-state index in [0.717, 1.165) is 5.56 Å². The van der Waals surface area contributed by atoms with Crippen LogP contribution in [0.3, 0.4) is 0 Å². The van der Waals surface area contributed by atoms with E-state index in [1.807, 2.05) is 19.1 Å². The van der Waals surface area contributed by atoms with Crippen molar-refractivity contribution in [1.82, 2.24) is 4.98 Å². The van der Waals surface area contributed by atoms with Gasteiger partial charge in [0.05, 0.1) is 0 Å². The summed E-state index contributed by atoms with van der Waals surface area (Å²) < 4.78 is 5.45. The maximum atomic E-state index is 11.1. The van der Waals surface area contributed by atoms with Gasteiger partial charge >= 0.3 is 11.9 Å². The van der Waals surface area contributed by atoms with E-state index in [-0.39, 0.29) is 18.8 Å². The second-order valence-electron chi connectivity index (χ2n) is 4.58. The third-order valence-corrected chi connectivity index (χ3v) is 3.60. The molecule has 0 saturated heterocycles. The SMILES string of the molecule is CCC(c1ccncc1)C(S)OC(CCC(=O)O)C(=O)O. The van der Waals surface area contributed by atoms with Crippen LogP contribution in [0.5, 0.6) is 0 Å². The molecular weight excluding hydrogens is 294 g/mol. The van der Waals surface area contributed by atoms with Crippen molar-refractivity contribution in [1.29, 1.82) is 0 Å². The van der Waals surface area contributed by atoms with Crippen molar-refractivity contribution in [3.05, 3.63) is 30.1 Å². The lowest BCUT2D eigenvalue weighted by Gasteiger charge is -2.25. The van der Waals surface area contributed by atoms with Gasteiger partial charge in [-0.15, -0.1) is 12.6 Å². The number of thiol groups is 1. The lowest BCUT2D eigenvalue weighted by molar-refractivity contribution is -0.153. The van der Waals surface area contributed by atoms with Crippen LogP contribution >= 0.6 is 12.6 Å². The lowest BCUT2D eigenvalue weighted by Crippen LogP contribution is -2.30. The summed E-state index contributed by atoms with van der Waals surface area (Å²) >= 11 is 4.34. The normalized spacial score (nSPS) is 15.1. The highest BCUT2D eigenvalue weighted by Gasteiger charge is 2.27. The van der Waals surface area contributed by atoms with Crippen LogP contribution in [0.2, 0.25) is 0 Å². The first kappa shape index (κ1) is 17.5. The van der Waals surface area contributed by atoms with E-state index in [9.17, 15) is 9.59 Å². The molecule has 7 heteroatoms. The molecule has 6 nitrogen and oxygen atoms in total. The minimum absolute atomic E-state index is 0.0888. The molecule has 0 aliphatic carbocycles. The Morgan fingerprint density at radius 1 is 1.33 bits per heavy atom. The maximum Gasteiger partial charge on any atom is 0.332 e. The minimum Gasteiger partial charge on any atom is -0.481 e. The van der Waals surface area contributed by atoms with Crippen LogP contribution in [0, 0.1) is 0 Å². The molecule has 1 rings (SSSR count). The molecule has 1 aromatic rings. The first-order valence-corrected chi connectivity index (χ1v) is 7.15. The number of nitrogens with zero attached hydrogens (tertiary/aromatic N) is 1. The van der Waals surface area contributed by atoms with E-state index >= 15 is 0 Å². The number of aromatic nitrogens is 1. The van der Waals surface area contributed by atoms with E-state index < -0.39 is 23.5 Å². The van der Waals surface area contributed by atoms with Crippen molar-refractivity contribution < 1.29 is 24.5 Å². The smallest absolute Gasteiger partial charge is 0.332 e. The Kier molecular flexibility index (Phi) is 7.18. The Balaban J connectivity index is 2.72. The fraction of sp³-hybridized carbons (Fsp3) is 0.500. The molecule has 0 amide bonds. The number of carbonyl (C=O) groups is 2. The molecule has 1 heterocycles. The Labute approximate surface area is 128 Å². The Morgan fingerprint density at radius 2 is 1.95 bits per heavy atom. The van der Waals surface area contributed by atoms with Crippen LogP contribution in [0.15, 0.2) is 24.5 Å². The fourth-order valence-corrected chi connectivity index (χ4v) is 2.51. The second-order valence-corrected chi connectivity index (χ2v) is 5.09. The fourth-order valence-electron chi connectivity index (χ4n) is 1.98. The van der Waals surface area contributed by atoms with Gasteiger partial charge < -0.3 is 14.9 Å². The maximum absolute atomic E-state index is 11.1. The zero-order chi connectivity index (χ0) is 15.8. The van der Waals surface area contributed by atoms with E-state index in [2.05, 4.69) is 17.6 Å². The Bertz CT molecular complexity index is 468. The molecule has 21 heavy (non-hydrogen) atoms. The van der Waals surface area contributed by atoms with E-state index in [1.54, 1.807) is 12.4 Å². The van der Waals surface area contributed by atoms with Crippen molar-refractivity contribution in [2.45, 2.75) is 43.6 Å². The third kappa shape index (κ3) is 5.73. The summed E-state index contributed by atoms with van der Waals surface area (Å²) in [6, 6.07) is 3.65. The Hall–Kier alpha value is -1.60. The largest absolute Gasteiger partial charge is 0.481 e. The number of rotatable bonds is 9. The first-order chi connectivity index (χ1) is 9.95. The summed E-state index contributed by atoms with van der Waals surface area (Å²) in [6.07, 6.45) is 2.48. The summed E-state index contributed by atoms with van der Waals surface area (Å²) in [6.45, 7) is 1.95. The molecule has 3 unspecified atom stereocenters. The molecule has 3 atom stereocenters. The summed E-state index contributed by atoms with van der Waals surface area (Å²) in [4.78, 5) is 25.6. The van der Waals surface area contributed by atoms with Gasteiger partial charge in [0.25, 0.3) is 0 Å². The van der Waals surface area contributed by atoms with Gasteiger partial charge in [-0.1, -0.05) is 6.92 Å². The molecule has 0 saturated carbocycles. The highest BCUT2D eigenvalue weighted by atomic mass is 32.1. The molecule has 1 aromatic heterocycles. The molecule has 116 valence electrons. The van der Waals surface area contributed by atoms with E-state index in [1.165, 1.54) is 0 Å². The number of carboxylic acids is 2. The minimum atomic E-state index is -1.18. The molecule has 0 radical (unpaired) electrons. The molecule has 0 aromatic carbocycles. The van der Waals surface area contributed by atoms with Crippen LogP contribution in [-0.4, -0.2) is 38.7 Å². The van der Waals surface area contributed by atoms with Crippen LogP contribution < -0.4 is 0 Å². The van der Waals surface area contributed by atoms with Gasteiger partial charge in [0.1, 0.15) is 5.44 Å². The highest BCUT2D eigenvalue weighted by Crippen LogP contribution is 2.28. The second kappa shape index (κ2) is 8.63. The van der Waals surface area contributed by atoms with Crippen LogP contribution in [0.25, 0.3) is 0 Å². The Morgan fingerprint density at radius 3 is 2.43 bits per heavy atom. The van der Waals surface area contributed by atoms with Crippen molar-refractivity contribution in [3.63, 3.8) is 0 Å². The van der Waals surface area contributed by atoms with Crippen molar-refractivity contribution >= 4 is 24.6 Å². The molecule has 0 fully saturated rings. The number of pyridine rings is 1. The molecular formula is C14H19NO5S. The lowest BCUT2D eigenvalue weighted by atomic mass is 9.98. The van der Waals surface area contributed by atoms with Gasteiger partial charge in [-0.3, -0.25) is 9.78 Å². The predicted molar refractivity (Wildman–Crippen MR) is 79.4 cm³/mol. The monoisotopic (exact) mass is 313 g/mol. The van der Waals surface area contributed by atoms with Crippen LogP contribution in [0.1, 0.15) is 37.7 Å². The summed E-state index contributed by atoms with van der Waals surface area (Å²) in [5.41, 5.74) is 0.321. The third-order valence-electron chi connectivity index (χ3n) is 3.12. The number of hydrogen-bond donors (Lipinski definition) is 3. The number of carboxylic acid groups (broad SMARTS) is 2. The van der Waals surface area contributed by atoms with E-state index in [4.69, 9.17) is 14.9 Å². The summed E-state index contributed by atoms with van der Waals surface area (Å²) in [5.74, 6) is -2.33. The van der Waals surface area contributed by atoms with Crippen LogP contribution in [0.4, 0.5) is 0 Å². The number of aliphatic carboxylic acids is 2. The predicted octanol–water partition coefficient (Wildman–Crippen LogP) is 2.17.